The number of aliphatic carboxylic acids is 1. The Hall–Kier alpha value is -2.14. The summed E-state index contributed by atoms with van der Waals surface area (Å²) in [6.45, 7) is 11.5. The minimum absolute atomic E-state index is 0.0926. The number of benzene rings is 1. The second kappa shape index (κ2) is 8.93. The van der Waals surface area contributed by atoms with Crippen LogP contribution in [0.3, 0.4) is 0 Å². The van der Waals surface area contributed by atoms with Crippen molar-refractivity contribution in [2.45, 2.75) is 78.4 Å². The summed E-state index contributed by atoms with van der Waals surface area (Å²) in [7, 11) is 0. The Kier molecular flexibility index (Phi) is 6.71. The van der Waals surface area contributed by atoms with Crippen LogP contribution in [0.1, 0.15) is 72.4 Å². The topological polar surface area (TPSA) is 71.5 Å². The van der Waals surface area contributed by atoms with Gasteiger partial charge in [0.25, 0.3) is 0 Å². The average Bonchev–Trinajstić information content (AvgIpc) is 2.67. The molecule has 1 aromatic carbocycles. The van der Waals surface area contributed by atoms with Crippen LogP contribution in [0, 0.1) is 11.3 Å². The van der Waals surface area contributed by atoms with Crippen LogP contribution in [-0.2, 0) is 10.3 Å². The number of aromatic nitrogens is 1. The third-order valence-corrected chi connectivity index (χ3v) is 6.41. The molecule has 1 aliphatic carbocycles. The molecular weight excluding hydrogens is 376 g/mol. The zero-order chi connectivity index (χ0) is 21.9. The number of fused-ring (bicyclic) bond motifs is 1. The molecule has 1 aliphatic rings. The highest BCUT2D eigenvalue weighted by Crippen LogP contribution is 2.39. The molecule has 1 fully saturated rings. The fraction of sp³-hybridized carbons (Fsp3) is 0.600. The van der Waals surface area contributed by atoms with Crippen LogP contribution < -0.4 is 10.1 Å². The average molecular weight is 413 g/mol. The standard InChI is InChI=1S/C25H36N2O3/c1-24(2,3)18-7-9-19(10-8-18)30-20-11-12-21-17(16-20)6-13-22(27-21)25(4,5)26-15-14-23(28)29/h6,11-13,16,18-19,26H,7-10,14-15H2,1-5H3,(H,28,29)/t18-,19-. The lowest BCUT2D eigenvalue weighted by molar-refractivity contribution is -0.136. The molecule has 164 valence electrons. The van der Waals surface area contributed by atoms with Crippen LogP contribution in [0.2, 0.25) is 0 Å². The number of nitrogens with zero attached hydrogens (tertiary/aromatic N) is 1. The lowest BCUT2D eigenvalue weighted by Gasteiger charge is -2.37. The number of nitrogens with one attached hydrogen (secondary N) is 1. The molecule has 0 bridgehead atoms. The number of pyridine rings is 1. The van der Waals surface area contributed by atoms with Gasteiger partial charge in [-0.2, -0.15) is 0 Å². The highest BCUT2D eigenvalue weighted by Gasteiger charge is 2.30. The molecule has 1 saturated carbocycles. The van der Waals surface area contributed by atoms with Gasteiger partial charge in [-0.1, -0.05) is 26.8 Å². The molecule has 1 heterocycles. The van der Waals surface area contributed by atoms with Crippen LogP contribution in [0.15, 0.2) is 30.3 Å². The Bertz CT molecular complexity index is 878. The summed E-state index contributed by atoms with van der Waals surface area (Å²) < 4.78 is 6.30. The van der Waals surface area contributed by atoms with Crippen LogP contribution in [0.4, 0.5) is 0 Å². The van der Waals surface area contributed by atoms with Crippen molar-refractivity contribution in [1.29, 1.82) is 0 Å². The number of ether oxygens (including phenoxy) is 1. The van der Waals surface area contributed by atoms with E-state index in [4.69, 9.17) is 14.8 Å². The van der Waals surface area contributed by atoms with E-state index in [9.17, 15) is 4.79 Å². The molecule has 0 radical (unpaired) electrons. The number of carboxylic acids is 1. The summed E-state index contributed by atoms with van der Waals surface area (Å²) in [6.07, 6.45) is 5.09. The smallest absolute Gasteiger partial charge is 0.304 e. The molecule has 5 nitrogen and oxygen atoms in total. The molecule has 0 saturated heterocycles. The van der Waals surface area contributed by atoms with Crippen molar-refractivity contribution in [2.75, 3.05) is 6.54 Å². The van der Waals surface area contributed by atoms with Gasteiger partial charge in [0, 0.05) is 11.9 Å². The van der Waals surface area contributed by atoms with Gasteiger partial charge in [0.15, 0.2) is 0 Å². The van der Waals surface area contributed by atoms with Crippen molar-refractivity contribution >= 4 is 16.9 Å². The van der Waals surface area contributed by atoms with Gasteiger partial charge >= 0.3 is 5.97 Å². The monoisotopic (exact) mass is 412 g/mol. The van der Waals surface area contributed by atoms with Crippen LogP contribution in [0.5, 0.6) is 5.75 Å². The SMILES string of the molecule is CC(C)(NCCC(=O)O)c1ccc2cc(O[C@H]3CC[C@H](C(C)(C)C)CC3)ccc2n1. The number of hydrogen-bond acceptors (Lipinski definition) is 4. The molecule has 0 spiro atoms. The Morgan fingerprint density at radius 1 is 1.10 bits per heavy atom. The van der Waals surface area contributed by atoms with Crippen LogP contribution >= 0.6 is 0 Å². The van der Waals surface area contributed by atoms with Gasteiger partial charge in [0.05, 0.1) is 29.3 Å². The summed E-state index contributed by atoms with van der Waals surface area (Å²) in [5.41, 5.74) is 1.80. The van der Waals surface area contributed by atoms with Crippen molar-refractivity contribution in [1.82, 2.24) is 10.3 Å². The fourth-order valence-electron chi connectivity index (χ4n) is 4.34. The molecule has 5 heteroatoms. The maximum absolute atomic E-state index is 10.8. The number of carboxylic acid groups (broad SMARTS) is 1. The van der Waals surface area contributed by atoms with Gasteiger partial charge < -0.3 is 15.2 Å². The molecule has 0 unspecified atom stereocenters. The van der Waals surface area contributed by atoms with Gasteiger partial charge in [-0.15, -0.1) is 0 Å². The molecule has 0 amide bonds. The molecular formula is C25H36N2O3. The van der Waals surface area contributed by atoms with E-state index >= 15 is 0 Å². The lowest BCUT2D eigenvalue weighted by Crippen LogP contribution is -2.38. The molecule has 2 N–H and O–H groups in total. The maximum atomic E-state index is 10.8. The van der Waals surface area contributed by atoms with E-state index in [1.807, 2.05) is 32.0 Å². The summed E-state index contributed by atoms with van der Waals surface area (Å²) in [5, 5.41) is 13.2. The second-order valence-electron chi connectivity index (χ2n) is 10.2. The highest BCUT2D eigenvalue weighted by atomic mass is 16.5. The first-order chi connectivity index (χ1) is 14.0. The Morgan fingerprint density at radius 3 is 2.43 bits per heavy atom. The van der Waals surface area contributed by atoms with Gasteiger partial charge in [-0.3, -0.25) is 9.78 Å². The molecule has 2 aromatic rings. The summed E-state index contributed by atoms with van der Waals surface area (Å²) in [6, 6.07) is 10.2. The molecule has 0 atom stereocenters. The number of rotatable bonds is 7. The lowest BCUT2D eigenvalue weighted by atomic mass is 9.72. The quantitative estimate of drug-likeness (QED) is 0.627. The van der Waals surface area contributed by atoms with E-state index in [1.54, 1.807) is 0 Å². The summed E-state index contributed by atoms with van der Waals surface area (Å²) in [4.78, 5) is 15.6. The van der Waals surface area contributed by atoms with Gasteiger partial charge in [-0.05, 0) is 75.1 Å². The first-order valence-corrected chi connectivity index (χ1v) is 11.1. The van der Waals surface area contributed by atoms with Crippen molar-refractivity contribution in [3.63, 3.8) is 0 Å². The fourth-order valence-corrected chi connectivity index (χ4v) is 4.34. The van der Waals surface area contributed by atoms with E-state index in [0.29, 0.717) is 18.1 Å². The first kappa shape index (κ1) is 22.5. The van der Waals surface area contributed by atoms with E-state index in [-0.39, 0.29) is 6.42 Å². The van der Waals surface area contributed by atoms with Crippen molar-refractivity contribution < 1.29 is 14.6 Å². The van der Waals surface area contributed by atoms with Crippen LogP contribution in [0.25, 0.3) is 10.9 Å². The zero-order valence-corrected chi connectivity index (χ0v) is 19.0. The Morgan fingerprint density at radius 2 is 1.80 bits per heavy atom. The van der Waals surface area contributed by atoms with Gasteiger partial charge in [0.2, 0.25) is 0 Å². The maximum Gasteiger partial charge on any atom is 0.304 e. The Labute approximate surface area is 180 Å². The van der Waals surface area contributed by atoms with Crippen molar-refractivity contribution in [3.05, 3.63) is 36.0 Å². The molecule has 30 heavy (non-hydrogen) atoms. The zero-order valence-electron chi connectivity index (χ0n) is 19.0. The Balaban J connectivity index is 1.65. The largest absolute Gasteiger partial charge is 0.490 e. The van der Waals surface area contributed by atoms with E-state index in [1.165, 1.54) is 12.8 Å². The van der Waals surface area contributed by atoms with E-state index in [2.05, 4.69) is 38.2 Å². The van der Waals surface area contributed by atoms with Crippen LogP contribution in [-0.4, -0.2) is 28.7 Å². The molecule has 1 aromatic heterocycles. The summed E-state index contributed by atoms with van der Waals surface area (Å²) in [5.74, 6) is 0.892. The first-order valence-electron chi connectivity index (χ1n) is 11.1. The molecule has 0 aliphatic heterocycles. The van der Waals surface area contributed by atoms with E-state index in [0.717, 1.165) is 41.1 Å². The van der Waals surface area contributed by atoms with Gasteiger partial charge in [0.1, 0.15) is 5.75 Å². The predicted octanol–water partition coefficient (Wildman–Crippen LogP) is 5.52. The molecule has 3 rings (SSSR count). The third-order valence-electron chi connectivity index (χ3n) is 6.41. The summed E-state index contributed by atoms with van der Waals surface area (Å²) >= 11 is 0. The second-order valence-corrected chi connectivity index (χ2v) is 10.2. The van der Waals surface area contributed by atoms with Crippen molar-refractivity contribution in [2.24, 2.45) is 11.3 Å². The number of hydrogen-bond donors (Lipinski definition) is 2. The van der Waals surface area contributed by atoms with Gasteiger partial charge in [-0.25, -0.2) is 0 Å². The normalized spacial score (nSPS) is 20.3. The highest BCUT2D eigenvalue weighted by molar-refractivity contribution is 5.80. The van der Waals surface area contributed by atoms with Crippen molar-refractivity contribution in [3.8, 4) is 5.75 Å². The minimum atomic E-state index is -0.802. The third kappa shape index (κ3) is 5.72. The number of carbonyl (C=O) groups is 1. The predicted molar refractivity (Wildman–Crippen MR) is 121 cm³/mol. The minimum Gasteiger partial charge on any atom is -0.490 e. The van der Waals surface area contributed by atoms with E-state index < -0.39 is 11.5 Å².